The molecule has 0 atom stereocenters. The van der Waals surface area contributed by atoms with Crippen LogP contribution in [0, 0.1) is 0 Å². The van der Waals surface area contributed by atoms with Crippen molar-refractivity contribution < 1.29 is 14.3 Å². The monoisotopic (exact) mass is 356 g/mol. The number of rotatable bonds is 6. The summed E-state index contributed by atoms with van der Waals surface area (Å²) in [7, 11) is 0. The van der Waals surface area contributed by atoms with Crippen molar-refractivity contribution in [2.24, 2.45) is 0 Å². The van der Waals surface area contributed by atoms with Gasteiger partial charge in [0.1, 0.15) is 5.69 Å². The van der Waals surface area contributed by atoms with Crippen molar-refractivity contribution in [1.29, 1.82) is 0 Å². The van der Waals surface area contributed by atoms with Crippen LogP contribution < -0.4 is 5.32 Å². The van der Waals surface area contributed by atoms with Gasteiger partial charge < -0.3 is 4.74 Å². The molecule has 0 radical (unpaired) electrons. The second kappa shape index (κ2) is 7.71. The van der Waals surface area contributed by atoms with E-state index in [9.17, 15) is 9.59 Å². The normalized spacial score (nSPS) is 10.4. The first-order chi connectivity index (χ1) is 12.2. The van der Waals surface area contributed by atoms with Gasteiger partial charge in [0.25, 0.3) is 5.91 Å². The molecule has 0 unspecified atom stereocenters. The number of imidazole rings is 1. The molecular weight excluding hydrogens is 340 g/mol. The van der Waals surface area contributed by atoms with E-state index in [1.54, 1.807) is 23.2 Å². The number of hydrogen-bond donors (Lipinski definition) is 1. The fourth-order valence-corrected chi connectivity index (χ4v) is 2.93. The maximum atomic E-state index is 12.5. The third-order valence-electron chi connectivity index (χ3n) is 3.31. The molecule has 25 heavy (non-hydrogen) atoms. The minimum atomic E-state index is -0.340. The van der Waals surface area contributed by atoms with Crippen molar-refractivity contribution in [1.82, 2.24) is 14.5 Å². The summed E-state index contributed by atoms with van der Waals surface area (Å²) in [6, 6.07) is 9.46. The topological polar surface area (TPSA) is 86.1 Å². The molecule has 0 saturated carbocycles. The lowest BCUT2D eigenvalue weighted by atomic mass is 10.3. The Morgan fingerprint density at radius 3 is 2.84 bits per heavy atom. The highest BCUT2D eigenvalue weighted by Gasteiger charge is 2.15. The summed E-state index contributed by atoms with van der Waals surface area (Å²) in [5, 5.41) is 4.88. The van der Waals surface area contributed by atoms with Crippen molar-refractivity contribution in [2.75, 3.05) is 11.9 Å². The minimum absolute atomic E-state index is 0.0855. The number of aromatic nitrogens is 3. The molecule has 3 rings (SSSR count). The summed E-state index contributed by atoms with van der Waals surface area (Å²) in [5.74, 6) is -0.661. The molecule has 0 aliphatic heterocycles. The first-order valence-electron chi connectivity index (χ1n) is 7.66. The maximum absolute atomic E-state index is 12.5. The van der Waals surface area contributed by atoms with E-state index >= 15 is 0 Å². The number of nitrogens with zero attached hydrogens (tertiary/aromatic N) is 3. The molecule has 2 heterocycles. The van der Waals surface area contributed by atoms with Crippen LogP contribution in [0.3, 0.4) is 0 Å². The number of para-hydroxylation sites is 1. The predicted molar refractivity (Wildman–Crippen MR) is 94.0 cm³/mol. The van der Waals surface area contributed by atoms with Crippen LogP contribution in [0.25, 0.3) is 5.69 Å². The summed E-state index contributed by atoms with van der Waals surface area (Å²) in [5.41, 5.74) is 1.80. The zero-order valence-corrected chi connectivity index (χ0v) is 14.3. The van der Waals surface area contributed by atoms with Crippen molar-refractivity contribution in [3.63, 3.8) is 0 Å². The first kappa shape index (κ1) is 16.8. The van der Waals surface area contributed by atoms with E-state index in [1.165, 1.54) is 17.5 Å². The Hall–Kier alpha value is -3.00. The highest BCUT2D eigenvalue weighted by Crippen LogP contribution is 2.18. The van der Waals surface area contributed by atoms with Crippen molar-refractivity contribution in [3.8, 4) is 5.69 Å². The Morgan fingerprint density at radius 1 is 1.28 bits per heavy atom. The molecule has 0 bridgehead atoms. The average Bonchev–Trinajstić information content (AvgIpc) is 3.25. The van der Waals surface area contributed by atoms with Gasteiger partial charge in [-0.15, -0.1) is 11.3 Å². The molecule has 2 aromatic heterocycles. The maximum Gasteiger partial charge on any atom is 0.311 e. The van der Waals surface area contributed by atoms with Gasteiger partial charge in [-0.2, -0.15) is 0 Å². The Labute approximate surface area is 148 Å². The van der Waals surface area contributed by atoms with Crippen LogP contribution in [0.2, 0.25) is 0 Å². The summed E-state index contributed by atoms with van der Waals surface area (Å²) in [6.45, 7) is 2.08. The molecule has 1 N–H and O–H groups in total. The molecule has 128 valence electrons. The van der Waals surface area contributed by atoms with Crippen LogP contribution in [-0.4, -0.2) is 33.0 Å². The van der Waals surface area contributed by atoms with E-state index in [-0.39, 0.29) is 18.3 Å². The fraction of sp³-hybridized carbons (Fsp3) is 0.176. The van der Waals surface area contributed by atoms with Crippen molar-refractivity contribution >= 4 is 28.3 Å². The van der Waals surface area contributed by atoms with E-state index < -0.39 is 0 Å². The number of benzene rings is 1. The number of hydrogen-bond acceptors (Lipinski definition) is 6. The standard InChI is InChI=1S/C17H16N4O3S/c1-2-24-15(22)8-12-10-25-17(19-12)20-16(23)14-9-18-11-21(14)13-6-4-3-5-7-13/h3-7,9-11H,2,8H2,1H3,(H,19,20,23). The van der Waals surface area contributed by atoms with Gasteiger partial charge in [0.2, 0.25) is 0 Å². The molecule has 0 aliphatic carbocycles. The largest absolute Gasteiger partial charge is 0.466 e. The summed E-state index contributed by atoms with van der Waals surface area (Å²) in [6.07, 6.45) is 3.16. The Bertz CT molecular complexity index is 873. The number of ether oxygens (including phenoxy) is 1. The molecular formula is C17H16N4O3S. The van der Waals surface area contributed by atoms with E-state index in [1.807, 2.05) is 30.3 Å². The number of anilines is 1. The van der Waals surface area contributed by atoms with Crippen LogP contribution in [0.15, 0.2) is 48.2 Å². The van der Waals surface area contributed by atoms with Gasteiger partial charge in [-0.05, 0) is 19.1 Å². The average molecular weight is 356 g/mol. The second-order valence-corrected chi connectivity index (χ2v) is 5.92. The second-order valence-electron chi connectivity index (χ2n) is 5.06. The number of amides is 1. The number of esters is 1. The van der Waals surface area contributed by atoms with Gasteiger partial charge in [0.15, 0.2) is 5.13 Å². The quantitative estimate of drug-likeness (QED) is 0.686. The third kappa shape index (κ3) is 4.10. The van der Waals surface area contributed by atoms with Crippen LogP contribution >= 0.6 is 11.3 Å². The predicted octanol–water partition coefficient (Wildman–Crippen LogP) is 2.69. The van der Waals surface area contributed by atoms with Gasteiger partial charge in [0, 0.05) is 11.1 Å². The number of carbonyl (C=O) groups is 2. The first-order valence-corrected chi connectivity index (χ1v) is 8.54. The van der Waals surface area contributed by atoms with Gasteiger partial charge >= 0.3 is 5.97 Å². The summed E-state index contributed by atoms with van der Waals surface area (Å²) >= 11 is 1.26. The highest BCUT2D eigenvalue weighted by atomic mass is 32.1. The van der Waals surface area contributed by atoms with E-state index in [2.05, 4.69) is 15.3 Å². The molecule has 7 nitrogen and oxygen atoms in total. The Morgan fingerprint density at radius 2 is 2.08 bits per heavy atom. The van der Waals surface area contributed by atoms with Crippen LogP contribution in [0.4, 0.5) is 5.13 Å². The number of nitrogens with one attached hydrogen (secondary N) is 1. The van der Waals surface area contributed by atoms with E-state index in [0.29, 0.717) is 23.1 Å². The lowest BCUT2D eigenvalue weighted by molar-refractivity contribution is -0.142. The van der Waals surface area contributed by atoms with E-state index in [4.69, 9.17) is 4.74 Å². The minimum Gasteiger partial charge on any atom is -0.466 e. The van der Waals surface area contributed by atoms with Crippen LogP contribution in [0.1, 0.15) is 23.1 Å². The molecule has 1 amide bonds. The van der Waals surface area contributed by atoms with Gasteiger partial charge in [-0.3, -0.25) is 19.5 Å². The number of carbonyl (C=O) groups excluding carboxylic acids is 2. The third-order valence-corrected chi connectivity index (χ3v) is 4.12. The summed E-state index contributed by atoms with van der Waals surface area (Å²) in [4.78, 5) is 32.3. The van der Waals surface area contributed by atoms with Crippen LogP contribution in [-0.2, 0) is 16.0 Å². The molecule has 0 saturated heterocycles. The fourth-order valence-electron chi connectivity index (χ4n) is 2.22. The molecule has 0 aliphatic rings. The van der Waals surface area contributed by atoms with Gasteiger partial charge in [0.05, 0.1) is 31.2 Å². The van der Waals surface area contributed by atoms with Gasteiger partial charge in [-0.1, -0.05) is 18.2 Å². The smallest absolute Gasteiger partial charge is 0.311 e. The van der Waals surface area contributed by atoms with Crippen molar-refractivity contribution in [2.45, 2.75) is 13.3 Å². The van der Waals surface area contributed by atoms with Crippen LogP contribution in [0.5, 0.6) is 0 Å². The highest BCUT2D eigenvalue weighted by molar-refractivity contribution is 7.14. The molecule has 3 aromatic rings. The van der Waals surface area contributed by atoms with Crippen molar-refractivity contribution in [3.05, 3.63) is 59.6 Å². The lowest BCUT2D eigenvalue weighted by Gasteiger charge is -2.07. The number of thiazole rings is 1. The Kier molecular flexibility index (Phi) is 5.20. The molecule has 8 heteroatoms. The summed E-state index contributed by atoms with van der Waals surface area (Å²) < 4.78 is 6.58. The zero-order valence-electron chi connectivity index (χ0n) is 13.5. The Balaban J connectivity index is 1.71. The molecule has 0 fully saturated rings. The molecule has 1 aromatic carbocycles. The SMILES string of the molecule is CCOC(=O)Cc1csc(NC(=O)c2cncn2-c2ccccc2)n1. The van der Waals surface area contributed by atoms with Gasteiger partial charge in [-0.25, -0.2) is 9.97 Å². The lowest BCUT2D eigenvalue weighted by Crippen LogP contribution is -2.16. The molecule has 0 spiro atoms. The zero-order chi connectivity index (χ0) is 17.6. The van der Waals surface area contributed by atoms with E-state index in [0.717, 1.165) is 5.69 Å².